The molecule has 2 rings (SSSR count). The molecular weight excluding hydrogens is 268 g/mol. The minimum Gasteiger partial charge on any atom is -0.376 e. The van der Waals surface area contributed by atoms with E-state index in [2.05, 4.69) is 10.6 Å². The van der Waals surface area contributed by atoms with E-state index in [1.807, 2.05) is 25.1 Å². The Balaban J connectivity index is 1.84. The maximum atomic E-state index is 6.05. The van der Waals surface area contributed by atoms with E-state index in [1.54, 1.807) is 0 Å². The maximum Gasteiger partial charge on any atom is 0.170 e. The Morgan fingerprint density at radius 3 is 3.11 bits per heavy atom. The van der Waals surface area contributed by atoms with Crippen molar-refractivity contribution in [3.05, 3.63) is 28.8 Å². The maximum absolute atomic E-state index is 6.05. The summed E-state index contributed by atoms with van der Waals surface area (Å²) < 4.78 is 5.53. The molecule has 98 valence electrons. The zero-order chi connectivity index (χ0) is 13.0. The molecule has 1 saturated heterocycles. The van der Waals surface area contributed by atoms with Crippen molar-refractivity contribution in [2.75, 3.05) is 18.5 Å². The number of hydrogen-bond donors (Lipinski definition) is 2. The standard InChI is InChI=1S/C13H17ClN2OS/c1-9-11(14)5-2-6-12(9)16-13(18)15-8-10-4-3-7-17-10/h2,5-6,10H,3-4,7-8H2,1H3,(H2,15,16,18)/t10-/m0/s1. The Labute approximate surface area is 118 Å². The summed E-state index contributed by atoms with van der Waals surface area (Å²) in [5.74, 6) is 0. The van der Waals surface area contributed by atoms with Crippen LogP contribution in [0, 0.1) is 6.92 Å². The predicted octanol–water partition coefficient (Wildman–Crippen LogP) is 3.11. The summed E-state index contributed by atoms with van der Waals surface area (Å²) in [5, 5.41) is 7.67. The zero-order valence-electron chi connectivity index (χ0n) is 10.3. The van der Waals surface area contributed by atoms with Gasteiger partial charge in [0.05, 0.1) is 6.10 Å². The monoisotopic (exact) mass is 284 g/mol. The largest absolute Gasteiger partial charge is 0.376 e. The van der Waals surface area contributed by atoms with Gasteiger partial charge < -0.3 is 15.4 Å². The first-order valence-corrected chi connectivity index (χ1v) is 6.87. The van der Waals surface area contributed by atoms with Gasteiger partial charge in [0.1, 0.15) is 0 Å². The van der Waals surface area contributed by atoms with Crippen molar-refractivity contribution in [2.45, 2.75) is 25.9 Å². The topological polar surface area (TPSA) is 33.3 Å². The Hall–Kier alpha value is -0.840. The predicted molar refractivity (Wildman–Crippen MR) is 79.4 cm³/mol. The van der Waals surface area contributed by atoms with Gasteiger partial charge in [-0.1, -0.05) is 17.7 Å². The lowest BCUT2D eigenvalue weighted by Crippen LogP contribution is -2.34. The second kappa shape index (κ2) is 6.36. The van der Waals surface area contributed by atoms with Crippen LogP contribution in [0.4, 0.5) is 5.69 Å². The van der Waals surface area contributed by atoms with Crippen molar-refractivity contribution < 1.29 is 4.74 Å². The van der Waals surface area contributed by atoms with Crippen molar-refractivity contribution >= 4 is 34.6 Å². The highest BCUT2D eigenvalue weighted by Gasteiger charge is 2.15. The summed E-state index contributed by atoms with van der Waals surface area (Å²) in [5.41, 5.74) is 1.94. The van der Waals surface area contributed by atoms with Crippen LogP contribution < -0.4 is 10.6 Å². The minimum atomic E-state index is 0.283. The fourth-order valence-corrected chi connectivity index (χ4v) is 2.29. The van der Waals surface area contributed by atoms with Crippen molar-refractivity contribution in [2.24, 2.45) is 0 Å². The van der Waals surface area contributed by atoms with E-state index in [-0.39, 0.29) is 6.10 Å². The van der Waals surface area contributed by atoms with Crippen LogP contribution in [0.1, 0.15) is 18.4 Å². The van der Waals surface area contributed by atoms with Gasteiger partial charge in [0, 0.05) is 23.9 Å². The number of hydrogen-bond acceptors (Lipinski definition) is 2. The molecule has 0 saturated carbocycles. The second-order valence-corrected chi connectivity index (χ2v) is 5.20. The highest BCUT2D eigenvalue weighted by Crippen LogP contribution is 2.22. The molecule has 0 amide bonds. The van der Waals surface area contributed by atoms with Crippen LogP contribution in [0.2, 0.25) is 5.02 Å². The van der Waals surface area contributed by atoms with Gasteiger partial charge >= 0.3 is 0 Å². The Morgan fingerprint density at radius 2 is 2.39 bits per heavy atom. The smallest absolute Gasteiger partial charge is 0.170 e. The first-order valence-electron chi connectivity index (χ1n) is 6.08. The summed E-state index contributed by atoms with van der Waals surface area (Å²) in [6.07, 6.45) is 2.52. The van der Waals surface area contributed by atoms with Crippen LogP contribution in [-0.4, -0.2) is 24.4 Å². The fraction of sp³-hybridized carbons (Fsp3) is 0.462. The number of nitrogens with one attached hydrogen (secondary N) is 2. The first kappa shape index (κ1) is 13.6. The molecule has 0 spiro atoms. The molecule has 3 nitrogen and oxygen atoms in total. The molecule has 18 heavy (non-hydrogen) atoms. The van der Waals surface area contributed by atoms with Gasteiger partial charge in [0.2, 0.25) is 0 Å². The molecule has 0 aliphatic carbocycles. The third-order valence-corrected chi connectivity index (χ3v) is 3.69. The van der Waals surface area contributed by atoms with Crippen LogP contribution in [0.5, 0.6) is 0 Å². The van der Waals surface area contributed by atoms with Gasteiger partial charge in [-0.2, -0.15) is 0 Å². The lowest BCUT2D eigenvalue weighted by Gasteiger charge is -2.15. The molecule has 1 atom stereocenters. The Kier molecular flexibility index (Phi) is 4.80. The molecule has 0 bridgehead atoms. The minimum absolute atomic E-state index is 0.283. The molecule has 2 N–H and O–H groups in total. The van der Waals surface area contributed by atoms with Gasteiger partial charge in [-0.3, -0.25) is 0 Å². The normalized spacial score (nSPS) is 18.7. The summed E-state index contributed by atoms with van der Waals surface area (Å²) in [4.78, 5) is 0. The number of thiocarbonyl (C=S) groups is 1. The van der Waals surface area contributed by atoms with Crippen molar-refractivity contribution in [3.63, 3.8) is 0 Å². The molecule has 1 aliphatic rings. The summed E-state index contributed by atoms with van der Waals surface area (Å²) in [6.45, 7) is 3.58. The highest BCUT2D eigenvalue weighted by atomic mass is 35.5. The quantitative estimate of drug-likeness (QED) is 0.836. The lowest BCUT2D eigenvalue weighted by molar-refractivity contribution is 0.114. The van der Waals surface area contributed by atoms with Crippen LogP contribution in [0.3, 0.4) is 0 Å². The first-order chi connectivity index (χ1) is 8.66. The Morgan fingerprint density at radius 1 is 1.56 bits per heavy atom. The second-order valence-electron chi connectivity index (χ2n) is 4.38. The number of ether oxygens (including phenoxy) is 1. The van der Waals surface area contributed by atoms with Gasteiger partial charge in [-0.25, -0.2) is 0 Å². The van der Waals surface area contributed by atoms with E-state index < -0.39 is 0 Å². The summed E-state index contributed by atoms with van der Waals surface area (Å²) in [6, 6.07) is 5.73. The molecule has 1 aromatic rings. The van der Waals surface area contributed by atoms with Crippen LogP contribution in [0.15, 0.2) is 18.2 Å². The lowest BCUT2D eigenvalue weighted by atomic mass is 10.2. The fourth-order valence-electron chi connectivity index (χ4n) is 1.92. The van der Waals surface area contributed by atoms with Crippen molar-refractivity contribution in [1.29, 1.82) is 0 Å². The number of rotatable bonds is 3. The van der Waals surface area contributed by atoms with Crippen LogP contribution >= 0.6 is 23.8 Å². The molecule has 5 heteroatoms. The van der Waals surface area contributed by atoms with Gasteiger partial charge in [-0.15, -0.1) is 0 Å². The molecule has 1 fully saturated rings. The van der Waals surface area contributed by atoms with E-state index in [4.69, 9.17) is 28.6 Å². The van der Waals surface area contributed by atoms with E-state index in [0.29, 0.717) is 5.11 Å². The SMILES string of the molecule is Cc1c(Cl)cccc1NC(=S)NC[C@@H]1CCCO1. The average Bonchev–Trinajstić information content (AvgIpc) is 2.86. The van der Waals surface area contributed by atoms with Crippen molar-refractivity contribution in [1.82, 2.24) is 5.32 Å². The zero-order valence-corrected chi connectivity index (χ0v) is 11.9. The van der Waals surface area contributed by atoms with Gasteiger partial charge in [0.25, 0.3) is 0 Å². The average molecular weight is 285 g/mol. The molecule has 0 radical (unpaired) electrons. The van der Waals surface area contributed by atoms with E-state index in [9.17, 15) is 0 Å². The van der Waals surface area contributed by atoms with E-state index >= 15 is 0 Å². The molecule has 1 aliphatic heterocycles. The summed E-state index contributed by atoms with van der Waals surface area (Å²) in [7, 11) is 0. The van der Waals surface area contributed by atoms with Crippen LogP contribution in [0.25, 0.3) is 0 Å². The third kappa shape index (κ3) is 3.57. The molecule has 0 unspecified atom stereocenters. The molecule has 0 aromatic heterocycles. The number of benzene rings is 1. The third-order valence-electron chi connectivity index (χ3n) is 3.03. The van der Waals surface area contributed by atoms with Crippen LogP contribution in [-0.2, 0) is 4.74 Å². The summed E-state index contributed by atoms with van der Waals surface area (Å²) >= 11 is 11.3. The number of halogens is 1. The molecule has 1 heterocycles. The number of anilines is 1. The van der Waals surface area contributed by atoms with E-state index in [1.165, 1.54) is 0 Å². The van der Waals surface area contributed by atoms with Crippen molar-refractivity contribution in [3.8, 4) is 0 Å². The molecular formula is C13H17ClN2OS. The highest BCUT2D eigenvalue weighted by molar-refractivity contribution is 7.80. The van der Waals surface area contributed by atoms with Gasteiger partial charge in [0.15, 0.2) is 5.11 Å². The Bertz CT molecular complexity index is 433. The van der Waals surface area contributed by atoms with Gasteiger partial charge in [-0.05, 0) is 49.7 Å². The molecule has 1 aromatic carbocycles. The van der Waals surface area contributed by atoms with E-state index in [0.717, 1.165) is 42.3 Å².